The van der Waals surface area contributed by atoms with Gasteiger partial charge >= 0.3 is 0 Å². The molecule has 0 bridgehead atoms. The van der Waals surface area contributed by atoms with Crippen LogP contribution in [0, 0.1) is 0 Å². The lowest BCUT2D eigenvalue weighted by Crippen LogP contribution is -2.12. The summed E-state index contributed by atoms with van der Waals surface area (Å²) >= 11 is 0. The Morgan fingerprint density at radius 2 is 1.58 bits per heavy atom. The Balaban J connectivity index is 2.62. The van der Waals surface area contributed by atoms with Crippen molar-refractivity contribution in [1.29, 1.82) is 0 Å². The first-order valence-electron chi connectivity index (χ1n) is 5.84. The Bertz CT molecular complexity index is 645. The summed E-state index contributed by atoms with van der Waals surface area (Å²) in [4.78, 5) is 21.9. The molecule has 2 aromatic carbocycles. The van der Waals surface area contributed by atoms with Gasteiger partial charge in [0.15, 0.2) is 0 Å². The molecule has 0 aliphatic heterocycles. The van der Waals surface area contributed by atoms with Crippen LogP contribution in [0.15, 0.2) is 54.6 Å². The highest BCUT2D eigenvalue weighted by molar-refractivity contribution is 6.00. The molecule has 2 aromatic rings. The highest BCUT2D eigenvalue weighted by atomic mass is 16.1. The van der Waals surface area contributed by atoms with Crippen LogP contribution in [0.25, 0.3) is 17.2 Å². The van der Waals surface area contributed by atoms with Gasteiger partial charge in [0.25, 0.3) is 0 Å². The van der Waals surface area contributed by atoms with Crippen molar-refractivity contribution in [2.45, 2.75) is 0 Å². The monoisotopic (exact) mass is 251 g/mol. The van der Waals surface area contributed by atoms with E-state index in [0.29, 0.717) is 5.56 Å². The molecule has 0 aliphatic rings. The standard InChI is InChI=1S/C16H13NO2/c17-16(19)15-10-4-3-9-14(15)13-8-2-1-6-12(13)7-5-11-18/h1-11H,(H2,17,19)/b7-5+. The van der Waals surface area contributed by atoms with Crippen molar-refractivity contribution in [2.75, 3.05) is 0 Å². The molecule has 0 fully saturated rings. The van der Waals surface area contributed by atoms with Crippen molar-refractivity contribution in [2.24, 2.45) is 5.73 Å². The number of nitrogens with two attached hydrogens (primary N) is 1. The van der Waals surface area contributed by atoms with Crippen LogP contribution in [-0.2, 0) is 4.79 Å². The summed E-state index contributed by atoms with van der Waals surface area (Å²) in [7, 11) is 0. The zero-order valence-corrected chi connectivity index (χ0v) is 10.2. The molecule has 0 unspecified atom stereocenters. The van der Waals surface area contributed by atoms with E-state index in [2.05, 4.69) is 0 Å². The number of amides is 1. The van der Waals surface area contributed by atoms with Crippen LogP contribution < -0.4 is 5.73 Å². The smallest absolute Gasteiger partial charge is 0.249 e. The highest BCUT2D eigenvalue weighted by Crippen LogP contribution is 2.27. The zero-order valence-electron chi connectivity index (χ0n) is 10.2. The molecule has 2 rings (SSSR count). The predicted octanol–water partition coefficient (Wildman–Crippen LogP) is 2.66. The average molecular weight is 251 g/mol. The van der Waals surface area contributed by atoms with E-state index in [1.54, 1.807) is 18.2 Å². The van der Waals surface area contributed by atoms with E-state index in [-0.39, 0.29) is 0 Å². The molecule has 3 heteroatoms. The lowest BCUT2D eigenvalue weighted by Gasteiger charge is -2.09. The summed E-state index contributed by atoms with van der Waals surface area (Å²) in [6.07, 6.45) is 3.85. The van der Waals surface area contributed by atoms with Crippen LogP contribution in [0.2, 0.25) is 0 Å². The maximum atomic E-state index is 11.5. The number of allylic oxidation sites excluding steroid dienone is 1. The second kappa shape index (κ2) is 5.78. The van der Waals surface area contributed by atoms with Gasteiger partial charge in [-0.1, -0.05) is 48.5 Å². The van der Waals surface area contributed by atoms with Crippen molar-refractivity contribution in [3.63, 3.8) is 0 Å². The second-order valence-electron chi connectivity index (χ2n) is 3.99. The van der Waals surface area contributed by atoms with Crippen LogP contribution in [0.1, 0.15) is 15.9 Å². The maximum absolute atomic E-state index is 11.5. The van der Waals surface area contributed by atoms with E-state index in [1.165, 1.54) is 6.08 Å². The van der Waals surface area contributed by atoms with Gasteiger partial charge in [-0.25, -0.2) is 0 Å². The number of primary amides is 1. The first kappa shape index (κ1) is 12.8. The fourth-order valence-corrected chi connectivity index (χ4v) is 1.96. The average Bonchev–Trinajstić information content (AvgIpc) is 2.45. The minimum Gasteiger partial charge on any atom is -0.366 e. The Kier molecular flexibility index (Phi) is 3.88. The molecule has 0 aliphatic carbocycles. The van der Waals surface area contributed by atoms with E-state index < -0.39 is 5.91 Å². The summed E-state index contributed by atoms with van der Waals surface area (Å²) in [6, 6.07) is 14.7. The number of rotatable bonds is 4. The number of aldehydes is 1. The van der Waals surface area contributed by atoms with Gasteiger partial charge in [0.2, 0.25) is 5.91 Å². The molecular weight excluding hydrogens is 238 g/mol. The predicted molar refractivity (Wildman–Crippen MR) is 75.5 cm³/mol. The first-order valence-corrected chi connectivity index (χ1v) is 5.84. The minimum absolute atomic E-state index is 0.467. The molecule has 3 nitrogen and oxygen atoms in total. The Morgan fingerprint density at radius 1 is 0.947 bits per heavy atom. The lowest BCUT2D eigenvalue weighted by molar-refractivity contribution is -0.104. The molecule has 0 aromatic heterocycles. The van der Waals surface area contributed by atoms with Gasteiger partial charge < -0.3 is 5.73 Å². The van der Waals surface area contributed by atoms with Gasteiger partial charge in [0.1, 0.15) is 6.29 Å². The number of carbonyl (C=O) groups excluding carboxylic acids is 2. The van der Waals surface area contributed by atoms with Gasteiger partial charge in [0, 0.05) is 5.56 Å². The molecule has 0 saturated heterocycles. The van der Waals surface area contributed by atoms with E-state index in [1.807, 2.05) is 36.4 Å². The maximum Gasteiger partial charge on any atom is 0.249 e. The van der Waals surface area contributed by atoms with Crippen LogP contribution in [0.5, 0.6) is 0 Å². The Hall–Kier alpha value is -2.68. The molecule has 2 N–H and O–H groups in total. The Morgan fingerprint density at radius 3 is 2.26 bits per heavy atom. The third-order valence-corrected chi connectivity index (χ3v) is 2.80. The third-order valence-electron chi connectivity index (χ3n) is 2.80. The molecule has 94 valence electrons. The molecule has 1 amide bonds. The van der Waals surface area contributed by atoms with Gasteiger partial charge in [-0.3, -0.25) is 9.59 Å². The number of benzene rings is 2. The van der Waals surface area contributed by atoms with Gasteiger partial charge in [-0.05, 0) is 28.8 Å². The Labute approximate surface area is 111 Å². The van der Waals surface area contributed by atoms with E-state index in [9.17, 15) is 9.59 Å². The zero-order chi connectivity index (χ0) is 13.7. The SMILES string of the molecule is NC(=O)c1ccccc1-c1ccccc1/C=C/C=O. The van der Waals surface area contributed by atoms with Crippen molar-refractivity contribution >= 4 is 18.3 Å². The summed E-state index contributed by atoms with van der Waals surface area (Å²) < 4.78 is 0. The normalized spacial score (nSPS) is 10.5. The van der Waals surface area contributed by atoms with Crippen LogP contribution in [0.3, 0.4) is 0 Å². The largest absolute Gasteiger partial charge is 0.366 e. The highest BCUT2D eigenvalue weighted by Gasteiger charge is 2.10. The van der Waals surface area contributed by atoms with Crippen molar-refractivity contribution in [1.82, 2.24) is 0 Å². The second-order valence-corrected chi connectivity index (χ2v) is 3.99. The minimum atomic E-state index is -0.468. The molecule has 0 radical (unpaired) electrons. The molecule has 0 heterocycles. The van der Waals surface area contributed by atoms with Gasteiger partial charge in [-0.15, -0.1) is 0 Å². The van der Waals surface area contributed by atoms with Crippen molar-refractivity contribution in [3.05, 3.63) is 65.7 Å². The van der Waals surface area contributed by atoms with E-state index in [4.69, 9.17) is 5.73 Å². The van der Waals surface area contributed by atoms with Crippen LogP contribution in [0.4, 0.5) is 0 Å². The van der Waals surface area contributed by atoms with Crippen LogP contribution >= 0.6 is 0 Å². The quantitative estimate of drug-likeness (QED) is 0.670. The topological polar surface area (TPSA) is 60.2 Å². The number of hydrogen-bond donors (Lipinski definition) is 1. The van der Waals surface area contributed by atoms with Crippen molar-refractivity contribution < 1.29 is 9.59 Å². The molecule has 0 atom stereocenters. The fourth-order valence-electron chi connectivity index (χ4n) is 1.96. The summed E-state index contributed by atoms with van der Waals surface area (Å²) in [5, 5.41) is 0. The van der Waals surface area contributed by atoms with Crippen LogP contribution in [-0.4, -0.2) is 12.2 Å². The molecule has 0 saturated carbocycles. The summed E-state index contributed by atoms with van der Waals surface area (Å²) in [5.74, 6) is -0.468. The number of carbonyl (C=O) groups is 2. The fraction of sp³-hybridized carbons (Fsp3) is 0. The van der Waals surface area contributed by atoms with E-state index in [0.717, 1.165) is 23.0 Å². The molecular formula is C16H13NO2. The molecule has 0 spiro atoms. The number of hydrogen-bond acceptors (Lipinski definition) is 2. The van der Waals surface area contributed by atoms with E-state index >= 15 is 0 Å². The van der Waals surface area contributed by atoms with Gasteiger partial charge in [-0.2, -0.15) is 0 Å². The lowest BCUT2D eigenvalue weighted by atomic mass is 9.95. The summed E-state index contributed by atoms with van der Waals surface area (Å²) in [5.41, 5.74) is 8.36. The first-order chi connectivity index (χ1) is 9.24. The third kappa shape index (κ3) is 2.77. The summed E-state index contributed by atoms with van der Waals surface area (Å²) in [6.45, 7) is 0. The van der Waals surface area contributed by atoms with Gasteiger partial charge in [0.05, 0.1) is 0 Å². The van der Waals surface area contributed by atoms with Crippen molar-refractivity contribution in [3.8, 4) is 11.1 Å². The molecule has 19 heavy (non-hydrogen) atoms.